The van der Waals surface area contributed by atoms with Gasteiger partial charge in [-0.05, 0) is 57.2 Å². The van der Waals surface area contributed by atoms with E-state index in [0.717, 1.165) is 9.88 Å². The number of hydrogen-bond acceptors (Lipinski definition) is 4. The Labute approximate surface area is 95.9 Å². The number of aromatic nitrogens is 2. The van der Waals surface area contributed by atoms with Crippen molar-refractivity contribution in [2.24, 2.45) is 0 Å². The van der Waals surface area contributed by atoms with Crippen molar-refractivity contribution in [1.29, 1.82) is 0 Å². The van der Waals surface area contributed by atoms with Gasteiger partial charge in [0.2, 0.25) is 5.28 Å². The Hall–Kier alpha value is 0.280. The third-order valence-electron chi connectivity index (χ3n) is 1.21. The van der Waals surface area contributed by atoms with Crippen LogP contribution in [0.4, 0.5) is 0 Å². The summed E-state index contributed by atoms with van der Waals surface area (Å²) in [4.78, 5) is 5.25. The molecule has 12 heavy (non-hydrogen) atoms. The first-order chi connectivity index (χ1) is 5.77. The van der Waals surface area contributed by atoms with Crippen molar-refractivity contribution in [3.05, 3.63) is 20.3 Å². The molecule has 0 N–H and O–H groups in total. The van der Waals surface area contributed by atoms with Gasteiger partial charge in [-0.3, -0.25) is 0 Å². The van der Waals surface area contributed by atoms with Gasteiger partial charge in [0.15, 0.2) is 5.01 Å². The van der Waals surface area contributed by atoms with Gasteiger partial charge in [0.1, 0.15) is 0 Å². The minimum absolute atomic E-state index is 0.333. The number of halogens is 2. The summed E-state index contributed by atoms with van der Waals surface area (Å²) in [5, 5.41) is 3.27. The molecule has 0 amide bonds. The second kappa shape index (κ2) is 3.57. The maximum absolute atomic E-state index is 5.62. The summed E-state index contributed by atoms with van der Waals surface area (Å²) in [6.45, 7) is 0. The normalized spacial score (nSPS) is 10.5. The largest absolute Gasteiger partial charge is 0.234 e. The van der Waals surface area contributed by atoms with E-state index in [1.807, 2.05) is 5.38 Å². The highest BCUT2D eigenvalue weighted by atomic mass is 127. The zero-order valence-electron chi connectivity index (χ0n) is 5.62. The van der Waals surface area contributed by atoms with Gasteiger partial charge in [0.25, 0.3) is 0 Å². The van der Waals surface area contributed by atoms with Crippen molar-refractivity contribution in [3.63, 3.8) is 0 Å². The highest BCUT2D eigenvalue weighted by Crippen LogP contribution is 2.32. The molecule has 2 aromatic rings. The van der Waals surface area contributed by atoms with Crippen LogP contribution in [0.1, 0.15) is 0 Å². The molecule has 0 aliphatic carbocycles. The first-order valence-corrected chi connectivity index (χ1v) is 6.11. The van der Waals surface area contributed by atoms with E-state index >= 15 is 0 Å². The standard InChI is InChI=1S/C6H2ClIN2S2/c7-6-9-5(12-10-6)4-3(8)1-2-11-4/h1-2H. The molecule has 0 aliphatic heterocycles. The molecule has 0 saturated carbocycles. The monoisotopic (exact) mass is 328 g/mol. The quantitative estimate of drug-likeness (QED) is 0.749. The summed E-state index contributed by atoms with van der Waals surface area (Å²) in [7, 11) is 0. The fourth-order valence-electron chi connectivity index (χ4n) is 0.744. The van der Waals surface area contributed by atoms with Crippen LogP contribution in [0, 0.1) is 3.57 Å². The molecule has 0 unspecified atom stereocenters. The lowest BCUT2D eigenvalue weighted by molar-refractivity contribution is 1.33. The summed E-state index contributed by atoms with van der Waals surface area (Å²) < 4.78 is 5.11. The molecule has 0 aliphatic rings. The molecular weight excluding hydrogens is 327 g/mol. The van der Waals surface area contributed by atoms with E-state index in [-0.39, 0.29) is 0 Å². The van der Waals surface area contributed by atoms with Crippen LogP contribution in [0.5, 0.6) is 0 Å². The van der Waals surface area contributed by atoms with E-state index in [1.54, 1.807) is 11.3 Å². The maximum atomic E-state index is 5.62. The molecule has 0 saturated heterocycles. The van der Waals surface area contributed by atoms with Gasteiger partial charge in [-0.2, -0.15) is 4.37 Å². The number of rotatable bonds is 1. The summed E-state index contributed by atoms with van der Waals surface area (Å²) >= 11 is 10.9. The molecule has 2 rings (SSSR count). The SMILES string of the molecule is Clc1nsc(-c2sccc2I)n1. The number of thiophene rings is 1. The predicted molar refractivity (Wildman–Crippen MR) is 60.9 cm³/mol. The average molecular weight is 329 g/mol. The molecule has 0 fully saturated rings. The second-order valence-electron chi connectivity index (χ2n) is 1.97. The van der Waals surface area contributed by atoms with Crippen LogP contribution in [-0.4, -0.2) is 9.36 Å². The highest BCUT2D eigenvalue weighted by molar-refractivity contribution is 14.1. The summed E-state index contributed by atoms with van der Waals surface area (Å²) in [5.74, 6) is 0. The Balaban J connectivity index is 2.50. The van der Waals surface area contributed by atoms with E-state index in [1.165, 1.54) is 15.1 Å². The van der Waals surface area contributed by atoms with Gasteiger partial charge in [0.05, 0.1) is 4.88 Å². The van der Waals surface area contributed by atoms with Crippen molar-refractivity contribution in [2.75, 3.05) is 0 Å². The molecule has 0 atom stereocenters. The summed E-state index contributed by atoms with van der Waals surface area (Å²) in [6.07, 6.45) is 0. The maximum Gasteiger partial charge on any atom is 0.234 e. The minimum Gasteiger partial charge on any atom is -0.204 e. The average Bonchev–Trinajstić information content (AvgIpc) is 2.58. The lowest BCUT2D eigenvalue weighted by Crippen LogP contribution is -1.71. The van der Waals surface area contributed by atoms with Gasteiger partial charge < -0.3 is 0 Å². The molecule has 2 aromatic heterocycles. The van der Waals surface area contributed by atoms with Crippen LogP contribution >= 0.6 is 57.1 Å². The lowest BCUT2D eigenvalue weighted by atomic mass is 10.5. The Kier molecular flexibility index (Phi) is 2.63. The first kappa shape index (κ1) is 8.86. The van der Waals surface area contributed by atoms with Gasteiger partial charge in [-0.25, -0.2) is 4.98 Å². The zero-order valence-corrected chi connectivity index (χ0v) is 10.2. The summed E-state index contributed by atoms with van der Waals surface area (Å²) in [5.41, 5.74) is 0. The fraction of sp³-hybridized carbons (Fsp3) is 0. The fourth-order valence-corrected chi connectivity index (χ4v) is 3.67. The Morgan fingerprint density at radius 2 is 2.33 bits per heavy atom. The van der Waals surface area contributed by atoms with E-state index in [2.05, 4.69) is 38.0 Å². The van der Waals surface area contributed by atoms with Crippen molar-refractivity contribution in [1.82, 2.24) is 9.36 Å². The van der Waals surface area contributed by atoms with Crippen molar-refractivity contribution in [2.45, 2.75) is 0 Å². The molecular formula is C6H2ClIN2S2. The molecule has 6 heteroatoms. The third kappa shape index (κ3) is 1.63. The van der Waals surface area contributed by atoms with Crippen LogP contribution in [0.3, 0.4) is 0 Å². The molecule has 2 nitrogen and oxygen atoms in total. The molecule has 0 bridgehead atoms. The van der Waals surface area contributed by atoms with Crippen molar-refractivity contribution in [3.8, 4) is 9.88 Å². The lowest BCUT2D eigenvalue weighted by Gasteiger charge is -1.87. The number of hydrogen-bond donors (Lipinski definition) is 0. The summed E-state index contributed by atoms with van der Waals surface area (Å²) in [6, 6.07) is 2.05. The Morgan fingerprint density at radius 3 is 2.83 bits per heavy atom. The Morgan fingerprint density at radius 1 is 1.50 bits per heavy atom. The third-order valence-corrected chi connectivity index (χ3v) is 4.53. The topological polar surface area (TPSA) is 25.8 Å². The van der Waals surface area contributed by atoms with Crippen molar-refractivity contribution < 1.29 is 0 Å². The van der Waals surface area contributed by atoms with Gasteiger partial charge >= 0.3 is 0 Å². The van der Waals surface area contributed by atoms with E-state index < -0.39 is 0 Å². The van der Waals surface area contributed by atoms with Crippen LogP contribution in [0.25, 0.3) is 9.88 Å². The molecule has 0 spiro atoms. The van der Waals surface area contributed by atoms with E-state index in [4.69, 9.17) is 11.6 Å². The minimum atomic E-state index is 0.333. The molecule has 2 heterocycles. The Bertz CT molecular complexity index is 398. The van der Waals surface area contributed by atoms with Gasteiger partial charge in [-0.15, -0.1) is 11.3 Å². The van der Waals surface area contributed by atoms with Crippen molar-refractivity contribution >= 4 is 57.1 Å². The zero-order chi connectivity index (χ0) is 8.55. The van der Waals surface area contributed by atoms with Crippen LogP contribution < -0.4 is 0 Å². The first-order valence-electron chi connectivity index (χ1n) is 3.00. The smallest absolute Gasteiger partial charge is 0.204 e. The van der Waals surface area contributed by atoms with Crippen LogP contribution in [0.15, 0.2) is 11.4 Å². The molecule has 0 aromatic carbocycles. The van der Waals surface area contributed by atoms with E-state index in [0.29, 0.717) is 5.28 Å². The van der Waals surface area contributed by atoms with Crippen LogP contribution in [-0.2, 0) is 0 Å². The van der Waals surface area contributed by atoms with E-state index in [9.17, 15) is 0 Å². The predicted octanol–water partition coefficient (Wildman–Crippen LogP) is 3.52. The van der Waals surface area contributed by atoms with Crippen LogP contribution in [0.2, 0.25) is 5.28 Å². The molecule has 0 radical (unpaired) electrons. The highest BCUT2D eigenvalue weighted by Gasteiger charge is 2.09. The second-order valence-corrected chi connectivity index (χ2v) is 5.13. The van der Waals surface area contributed by atoms with Gasteiger partial charge in [0, 0.05) is 3.57 Å². The molecule has 62 valence electrons. The van der Waals surface area contributed by atoms with Gasteiger partial charge in [-0.1, -0.05) is 0 Å². The number of nitrogens with zero attached hydrogens (tertiary/aromatic N) is 2.